The summed E-state index contributed by atoms with van der Waals surface area (Å²) in [7, 11) is 0. The van der Waals surface area contributed by atoms with Crippen LogP contribution in [0.4, 0.5) is 0 Å². The van der Waals surface area contributed by atoms with Crippen molar-refractivity contribution in [3.05, 3.63) is 29.7 Å². The topological polar surface area (TPSA) is 55.0 Å². The van der Waals surface area contributed by atoms with Gasteiger partial charge in [-0.05, 0) is 44.1 Å². The Morgan fingerprint density at radius 1 is 1.40 bits per heavy atom. The Bertz CT molecular complexity index is 527. The molecule has 1 fully saturated rings. The van der Waals surface area contributed by atoms with Gasteiger partial charge in [0, 0.05) is 45.0 Å². The predicted molar refractivity (Wildman–Crippen MR) is 74.1 cm³/mol. The van der Waals surface area contributed by atoms with Crippen molar-refractivity contribution in [2.24, 2.45) is 11.8 Å². The summed E-state index contributed by atoms with van der Waals surface area (Å²) in [6.45, 7) is 6.47. The molecule has 1 saturated carbocycles. The molecule has 1 N–H and O–H groups in total. The van der Waals surface area contributed by atoms with E-state index in [0.717, 1.165) is 18.4 Å². The van der Waals surface area contributed by atoms with Crippen LogP contribution in [0.15, 0.2) is 4.79 Å². The summed E-state index contributed by atoms with van der Waals surface area (Å²) in [5, 5.41) is 0. The van der Waals surface area contributed by atoms with E-state index >= 15 is 0 Å². The van der Waals surface area contributed by atoms with Crippen LogP contribution in [0.3, 0.4) is 0 Å². The van der Waals surface area contributed by atoms with Crippen molar-refractivity contribution in [2.45, 2.75) is 51.6 Å². The molecule has 109 valence electrons. The molecule has 0 spiro atoms. The molecule has 3 rings (SSSR count). The first-order valence-corrected chi connectivity index (χ1v) is 6.68. The summed E-state index contributed by atoms with van der Waals surface area (Å²) in [4.78, 5) is 18.7. The summed E-state index contributed by atoms with van der Waals surface area (Å²) in [5.74, 6) is 1.83. The van der Waals surface area contributed by atoms with Gasteiger partial charge in [-0.15, -0.1) is 0 Å². The molecule has 1 aliphatic heterocycles. The summed E-state index contributed by atoms with van der Waals surface area (Å²) in [6, 6.07) is 0. The number of ether oxygens (including phenoxy) is 1. The maximum absolute atomic E-state index is 12.0. The fourth-order valence-electron chi connectivity index (χ4n) is 3.62. The van der Waals surface area contributed by atoms with Gasteiger partial charge in [0.05, 0.1) is 5.60 Å². The van der Waals surface area contributed by atoms with E-state index in [1.54, 1.807) is 0 Å². The first-order chi connectivity index (χ1) is 8.49. The van der Waals surface area contributed by atoms with Gasteiger partial charge in [0.2, 0.25) is 0 Å². The number of aromatic amines is 1. The van der Waals surface area contributed by atoms with E-state index in [-0.39, 0.29) is 57.2 Å². The minimum Gasteiger partial charge on any atom is -0.529 e. The van der Waals surface area contributed by atoms with E-state index in [4.69, 9.17) is 4.74 Å². The van der Waals surface area contributed by atoms with Gasteiger partial charge in [0.1, 0.15) is 11.4 Å². The molecule has 3 atom stereocenters. The van der Waals surface area contributed by atoms with Crippen molar-refractivity contribution < 1.29 is 37.4 Å². The van der Waals surface area contributed by atoms with Crippen LogP contribution in [-0.4, -0.2) is 15.6 Å². The fraction of sp³-hybridized carbons (Fsp3) is 0.667. The molecule has 0 amide bonds. The van der Waals surface area contributed by atoms with Gasteiger partial charge in [-0.1, -0.05) is 13.3 Å². The molecule has 20 heavy (non-hydrogen) atoms. The van der Waals surface area contributed by atoms with Crippen molar-refractivity contribution in [3.63, 3.8) is 0 Å². The third kappa shape index (κ3) is 2.87. The summed E-state index contributed by atoms with van der Waals surface area (Å²) in [6.07, 6.45) is 5.91. The molecule has 1 aliphatic carbocycles. The van der Waals surface area contributed by atoms with Gasteiger partial charge in [0.15, 0.2) is 0 Å². The zero-order valence-electron chi connectivity index (χ0n) is 12.7. The zero-order valence-corrected chi connectivity index (χ0v) is 15.5. The average molecular weight is 351 g/mol. The maximum Gasteiger partial charge on any atom is 0.143 e. The molecule has 2 aliphatic rings. The molecule has 0 bridgehead atoms. The first kappa shape index (κ1) is 17.8. The smallest absolute Gasteiger partial charge is 0.143 e. The largest absolute Gasteiger partial charge is 0.529 e. The van der Waals surface area contributed by atoms with Gasteiger partial charge >= 0.3 is 0 Å². The van der Waals surface area contributed by atoms with Crippen molar-refractivity contribution >= 4 is 0 Å². The minimum absolute atomic E-state index is 0. The van der Waals surface area contributed by atoms with Crippen LogP contribution < -0.4 is 10.3 Å². The second-order valence-corrected chi connectivity index (χ2v) is 6.23. The normalized spacial score (nSPS) is 29.9. The second-order valence-electron chi connectivity index (χ2n) is 6.23. The Labute approximate surface area is 146 Å². The maximum atomic E-state index is 12.0. The monoisotopic (exact) mass is 351 g/mol. The molecule has 0 saturated heterocycles. The molecule has 1 aromatic heterocycles. The Hall–Kier alpha value is -0.216. The Morgan fingerprint density at radius 3 is 2.80 bits per heavy atom. The number of nitrogens with one attached hydrogen (secondary N) is 1. The fourth-order valence-corrected chi connectivity index (χ4v) is 3.62. The van der Waals surface area contributed by atoms with E-state index in [9.17, 15) is 4.79 Å². The van der Waals surface area contributed by atoms with E-state index in [0.29, 0.717) is 17.7 Å². The molecule has 0 aromatic carbocycles. The van der Waals surface area contributed by atoms with Gasteiger partial charge in [-0.25, -0.2) is 0 Å². The minimum atomic E-state index is -0.244. The summed E-state index contributed by atoms with van der Waals surface area (Å²) < 4.78 is 5.94. The molecule has 3 unspecified atom stereocenters. The Kier molecular flexibility index (Phi) is 5.59. The van der Waals surface area contributed by atoms with E-state index in [1.807, 2.05) is 0 Å². The van der Waals surface area contributed by atoms with Gasteiger partial charge in [0.25, 0.3) is 0 Å². The SMILES string of the molecule is CC1CCC2C(C1)c1c(n[c-][nH]c1=O)OC2(C)C.[CH3-].[Y]. The number of nitrogens with zero attached hydrogens (tertiary/aromatic N) is 1. The van der Waals surface area contributed by atoms with E-state index in [2.05, 4.69) is 37.1 Å². The predicted octanol–water partition coefficient (Wildman–Crippen LogP) is 2.71. The van der Waals surface area contributed by atoms with Crippen LogP contribution in [0.5, 0.6) is 5.88 Å². The van der Waals surface area contributed by atoms with Gasteiger partial charge in [-0.2, -0.15) is 0 Å². The zero-order chi connectivity index (χ0) is 12.9. The van der Waals surface area contributed by atoms with Crippen LogP contribution in [0.25, 0.3) is 0 Å². The number of hydrogen-bond donors (Lipinski definition) is 1. The standard InChI is InChI=1S/C14H19N2O2.CH3.Y/c1-8-4-5-10-9(6-8)11-12(17)15-7-16-13(11)18-14(10,2)3;;/h8-10H,4-6H2,1-3H3,(H,15,16,17);1H3;/q2*-1;. The molecular formula is C15H22N2O2Y-2. The van der Waals surface area contributed by atoms with Crippen LogP contribution in [0.1, 0.15) is 51.5 Å². The third-order valence-corrected chi connectivity index (χ3v) is 4.54. The van der Waals surface area contributed by atoms with Crippen molar-refractivity contribution in [3.8, 4) is 5.88 Å². The van der Waals surface area contributed by atoms with Crippen molar-refractivity contribution in [2.75, 3.05) is 0 Å². The number of rotatable bonds is 0. The van der Waals surface area contributed by atoms with E-state index in [1.165, 1.54) is 6.42 Å². The van der Waals surface area contributed by atoms with Crippen molar-refractivity contribution in [1.82, 2.24) is 9.97 Å². The van der Waals surface area contributed by atoms with Gasteiger partial charge in [-0.3, -0.25) is 0 Å². The quantitative estimate of drug-likeness (QED) is 0.732. The molecule has 1 radical (unpaired) electrons. The molecule has 4 nitrogen and oxygen atoms in total. The van der Waals surface area contributed by atoms with Crippen LogP contribution in [0.2, 0.25) is 0 Å². The number of hydrogen-bond acceptors (Lipinski definition) is 3. The number of fused-ring (bicyclic) bond motifs is 3. The van der Waals surface area contributed by atoms with Crippen molar-refractivity contribution in [1.29, 1.82) is 0 Å². The molecule has 5 heteroatoms. The average Bonchev–Trinajstić information content (AvgIpc) is 2.27. The molecule has 2 heterocycles. The van der Waals surface area contributed by atoms with Crippen LogP contribution >= 0.6 is 0 Å². The van der Waals surface area contributed by atoms with E-state index < -0.39 is 0 Å². The third-order valence-electron chi connectivity index (χ3n) is 4.54. The molecular weight excluding hydrogens is 329 g/mol. The summed E-state index contributed by atoms with van der Waals surface area (Å²) in [5.41, 5.74) is 0.413. The van der Waals surface area contributed by atoms with Gasteiger partial charge < -0.3 is 26.9 Å². The van der Waals surface area contributed by atoms with Crippen LogP contribution in [0, 0.1) is 25.6 Å². The Balaban J connectivity index is 0.000001000. The Morgan fingerprint density at radius 2 is 2.10 bits per heavy atom. The second kappa shape index (κ2) is 6.27. The summed E-state index contributed by atoms with van der Waals surface area (Å²) >= 11 is 0. The molecule has 1 aromatic rings. The number of aromatic nitrogens is 2. The van der Waals surface area contributed by atoms with Crippen LogP contribution in [-0.2, 0) is 32.7 Å². The number of H-pyrrole nitrogens is 1. The first-order valence-electron chi connectivity index (χ1n) is 6.68.